The number of benzene rings is 1. The molecule has 2 atom stereocenters. The van der Waals surface area contributed by atoms with E-state index < -0.39 is 15.4 Å². The van der Waals surface area contributed by atoms with Gasteiger partial charge in [-0.15, -0.1) is 0 Å². The Morgan fingerprint density at radius 3 is 2.44 bits per heavy atom. The minimum atomic E-state index is -3.47. The van der Waals surface area contributed by atoms with Crippen LogP contribution < -0.4 is 4.90 Å². The third-order valence-corrected chi connectivity index (χ3v) is 9.62. The van der Waals surface area contributed by atoms with Crippen LogP contribution in [0.3, 0.4) is 0 Å². The van der Waals surface area contributed by atoms with Crippen molar-refractivity contribution in [1.82, 2.24) is 4.31 Å². The maximum atomic E-state index is 13.2. The lowest BCUT2D eigenvalue weighted by molar-refractivity contribution is -0.128. The first kappa shape index (κ1) is 19.2. The highest BCUT2D eigenvalue weighted by Gasteiger charge is 2.65. The van der Waals surface area contributed by atoms with Crippen LogP contribution in [0.1, 0.15) is 33.1 Å². The van der Waals surface area contributed by atoms with Gasteiger partial charge in [-0.3, -0.25) is 4.79 Å². The maximum absolute atomic E-state index is 13.2. The molecule has 3 fully saturated rings. The summed E-state index contributed by atoms with van der Waals surface area (Å²) in [6.07, 6.45) is 2.23. The number of hydrogen-bond donors (Lipinski definition) is 0. The van der Waals surface area contributed by atoms with E-state index in [-0.39, 0.29) is 17.0 Å². The van der Waals surface area contributed by atoms with Crippen LogP contribution in [0.5, 0.6) is 0 Å². The van der Waals surface area contributed by atoms with Crippen molar-refractivity contribution in [3.8, 4) is 0 Å². The lowest BCUT2D eigenvalue weighted by atomic mass is 9.70. The van der Waals surface area contributed by atoms with E-state index in [1.165, 1.54) is 0 Å². The van der Waals surface area contributed by atoms with E-state index in [2.05, 4.69) is 18.7 Å². The summed E-state index contributed by atoms with van der Waals surface area (Å²) in [4.78, 5) is 14.9. The van der Waals surface area contributed by atoms with Gasteiger partial charge in [-0.25, -0.2) is 8.42 Å². The van der Waals surface area contributed by atoms with Gasteiger partial charge in [0.1, 0.15) is 5.78 Å². The third-order valence-electron chi connectivity index (χ3n) is 7.37. The molecular weight excluding hydrogens is 384 g/mol. The van der Waals surface area contributed by atoms with Gasteiger partial charge in [0, 0.05) is 48.7 Å². The second-order valence-electron chi connectivity index (χ2n) is 8.79. The molecule has 1 aromatic rings. The first-order chi connectivity index (χ1) is 12.7. The lowest BCUT2D eigenvalue weighted by Gasteiger charge is -2.40. The number of sulfonamides is 1. The molecule has 1 saturated heterocycles. The summed E-state index contributed by atoms with van der Waals surface area (Å²) in [6, 6.07) is 7.64. The van der Waals surface area contributed by atoms with Gasteiger partial charge in [0.05, 0.1) is 5.75 Å². The average molecular weight is 411 g/mol. The van der Waals surface area contributed by atoms with Crippen molar-refractivity contribution < 1.29 is 13.2 Å². The molecule has 3 aliphatic rings. The number of hydrogen-bond acceptors (Lipinski definition) is 4. The number of carbonyl (C=O) groups is 1. The fraction of sp³-hybridized carbons (Fsp3) is 0.650. The van der Waals surface area contributed by atoms with Crippen LogP contribution in [0.2, 0.25) is 5.02 Å². The second-order valence-corrected chi connectivity index (χ2v) is 11.2. The Labute approximate surface area is 166 Å². The fourth-order valence-corrected chi connectivity index (χ4v) is 7.79. The summed E-state index contributed by atoms with van der Waals surface area (Å²) < 4.78 is 28.0. The Morgan fingerprint density at radius 2 is 1.89 bits per heavy atom. The normalized spacial score (nSPS) is 30.9. The predicted molar refractivity (Wildman–Crippen MR) is 108 cm³/mol. The quantitative estimate of drug-likeness (QED) is 0.764. The predicted octanol–water partition coefficient (Wildman–Crippen LogP) is 3.19. The monoisotopic (exact) mass is 410 g/mol. The zero-order valence-electron chi connectivity index (χ0n) is 15.9. The van der Waals surface area contributed by atoms with Crippen molar-refractivity contribution in [2.24, 2.45) is 16.7 Å². The number of nitrogens with zero attached hydrogens (tertiary/aromatic N) is 2. The van der Waals surface area contributed by atoms with Gasteiger partial charge < -0.3 is 4.90 Å². The number of piperazine rings is 1. The van der Waals surface area contributed by atoms with Crippen LogP contribution in [0.25, 0.3) is 0 Å². The largest absolute Gasteiger partial charge is 0.369 e. The molecule has 1 aromatic carbocycles. The third kappa shape index (κ3) is 3.00. The fourth-order valence-electron chi connectivity index (χ4n) is 5.41. The highest BCUT2D eigenvalue weighted by atomic mass is 35.5. The molecule has 27 heavy (non-hydrogen) atoms. The number of Topliss-reactive ketones (excluding diaryl/α,β-unsaturated/α-hetero) is 1. The van der Waals surface area contributed by atoms with Gasteiger partial charge in [-0.2, -0.15) is 4.31 Å². The van der Waals surface area contributed by atoms with Crippen molar-refractivity contribution in [1.29, 1.82) is 0 Å². The summed E-state index contributed by atoms with van der Waals surface area (Å²) in [7, 11) is -3.47. The van der Waals surface area contributed by atoms with E-state index in [1.54, 1.807) is 4.31 Å². The molecule has 2 bridgehead atoms. The van der Waals surface area contributed by atoms with Crippen LogP contribution in [-0.2, 0) is 14.8 Å². The molecule has 5 nitrogen and oxygen atoms in total. The van der Waals surface area contributed by atoms with E-state index >= 15 is 0 Å². The van der Waals surface area contributed by atoms with Crippen LogP contribution in [0.4, 0.5) is 5.69 Å². The minimum absolute atomic E-state index is 0.0283. The lowest BCUT2D eigenvalue weighted by Crippen LogP contribution is -2.52. The Kier molecular flexibility index (Phi) is 4.60. The molecule has 7 heteroatoms. The van der Waals surface area contributed by atoms with Crippen molar-refractivity contribution in [2.45, 2.75) is 33.1 Å². The Hall–Kier alpha value is -1.11. The highest BCUT2D eigenvalue weighted by Crippen LogP contribution is 2.64. The zero-order valence-corrected chi connectivity index (χ0v) is 17.5. The van der Waals surface area contributed by atoms with Crippen molar-refractivity contribution >= 4 is 33.1 Å². The maximum Gasteiger partial charge on any atom is 0.215 e. The van der Waals surface area contributed by atoms with Gasteiger partial charge >= 0.3 is 0 Å². The molecule has 0 unspecified atom stereocenters. The van der Waals surface area contributed by atoms with E-state index in [1.807, 2.05) is 24.3 Å². The number of carbonyl (C=O) groups excluding carboxylic acids is 1. The first-order valence-corrected chi connectivity index (χ1v) is 11.7. The molecule has 0 aromatic heterocycles. The van der Waals surface area contributed by atoms with Gasteiger partial charge in [0.2, 0.25) is 10.0 Å². The smallest absolute Gasteiger partial charge is 0.215 e. The number of anilines is 1. The van der Waals surface area contributed by atoms with E-state index in [0.29, 0.717) is 50.0 Å². The van der Waals surface area contributed by atoms with Crippen molar-refractivity contribution in [3.05, 3.63) is 29.3 Å². The SMILES string of the molecule is CC1(C)[C@@H]2CC[C@]1(CS(=O)(=O)N1CCN(c3cccc(Cl)c3)CC1)C(=O)C2. The van der Waals surface area contributed by atoms with E-state index in [4.69, 9.17) is 11.6 Å². The molecule has 1 heterocycles. The molecule has 1 aliphatic heterocycles. The van der Waals surface area contributed by atoms with Crippen molar-refractivity contribution in [2.75, 3.05) is 36.8 Å². The number of fused-ring (bicyclic) bond motifs is 2. The average Bonchev–Trinajstić information content (AvgIpc) is 2.96. The Bertz CT molecular complexity index is 862. The first-order valence-electron chi connectivity index (χ1n) is 9.67. The summed E-state index contributed by atoms with van der Waals surface area (Å²) in [6.45, 7) is 6.33. The number of ketones is 1. The van der Waals surface area contributed by atoms with Crippen LogP contribution in [0, 0.1) is 16.7 Å². The molecule has 0 radical (unpaired) electrons. The summed E-state index contributed by atoms with van der Waals surface area (Å²) in [5.41, 5.74) is 0.101. The van der Waals surface area contributed by atoms with E-state index in [9.17, 15) is 13.2 Å². The van der Waals surface area contributed by atoms with Crippen LogP contribution in [0.15, 0.2) is 24.3 Å². The molecule has 2 saturated carbocycles. The number of halogens is 1. The van der Waals surface area contributed by atoms with Gasteiger partial charge in [0.15, 0.2) is 0 Å². The number of rotatable bonds is 4. The van der Waals surface area contributed by atoms with Crippen LogP contribution >= 0.6 is 11.6 Å². The van der Waals surface area contributed by atoms with E-state index in [0.717, 1.165) is 12.1 Å². The molecule has 0 spiro atoms. The zero-order chi connectivity index (χ0) is 19.4. The standard InChI is InChI=1S/C20H27ClN2O3S/c1-19(2)15-6-7-20(19,18(24)12-15)14-27(25,26)23-10-8-22(9-11-23)17-5-3-4-16(21)13-17/h3-5,13,15H,6-12,14H2,1-2H3/t15-,20+/m1/s1. The highest BCUT2D eigenvalue weighted by molar-refractivity contribution is 7.89. The van der Waals surface area contributed by atoms with Crippen molar-refractivity contribution in [3.63, 3.8) is 0 Å². The summed E-state index contributed by atoms with van der Waals surface area (Å²) >= 11 is 6.07. The molecule has 0 amide bonds. The minimum Gasteiger partial charge on any atom is -0.369 e. The molecule has 148 valence electrons. The Balaban J connectivity index is 1.47. The molecule has 2 aliphatic carbocycles. The Morgan fingerprint density at radius 1 is 1.19 bits per heavy atom. The van der Waals surface area contributed by atoms with Gasteiger partial charge in [-0.05, 0) is 42.4 Å². The topological polar surface area (TPSA) is 57.7 Å². The molecule has 0 N–H and O–H groups in total. The van der Waals surface area contributed by atoms with Gasteiger partial charge in [-0.1, -0.05) is 31.5 Å². The molecular formula is C20H27ClN2O3S. The second kappa shape index (κ2) is 6.46. The van der Waals surface area contributed by atoms with Gasteiger partial charge in [0.25, 0.3) is 0 Å². The summed E-state index contributed by atoms with van der Waals surface area (Å²) in [5, 5.41) is 0.680. The van der Waals surface area contributed by atoms with Crippen LogP contribution in [-0.4, -0.2) is 50.4 Å². The molecule has 4 rings (SSSR count). The summed E-state index contributed by atoms with van der Waals surface area (Å²) in [5.74, 6) is 0.462.